The predicted molar refractivity (Wildman–Crippen MR) is 42.6 cm³/mol. The van der Waals surface area contributed by atoms with Crippen molar-refractivity contribution in [1.82, 2.24) is 0 Å². The van der Waals surface area contributed by atoms with Gasteiger partial charge in [-0.05, 0) is 19.4 Å². The van der Waals surface area contributed by atoms with Crippen LogP contribution in [-0.2, 0) is 0 Å². The van der Waals surface area contributed by atoms with Crippen LogP contribution >= 0.6 is 17.0 Å². The van der Waals surface area contributed by atoms with Crippen molar-refractivity contribution in [3.8, 4) is 0 Å². The molecule has 0 amide bonds. The van der Waals surface area contributed by atoms with E-state index in [1.54, 1.807) is 0 Å². The van der Waals surface area contributed by atoms with E-state index in [1.807, 2.05) is 13.8 Å². The molecule has 0 saturated carbocycles. The van der Waals surface area contributed by atoms with Gasteiger partial charge in [0, 0.05) is 17.0 Å². The number of halogens is 1. The lowest BCUT2D eigenvalue weighted by Crippen LogP contribution is -2.34. The van der Waals surface area contributed by atoms with Crippen LogP contribution in [0.15, 0.2) is 5.11 Å². The summed E-state index contributed by atoms with van der Waals surface area (Å²) < 4.78 is 0. The first kappa shape index (κ1) is 11.5. The summed E-state index contributed by atoms with van der Waals surface area (Å²) in [5.41, 5.74) is 12.9. The molecular weight excluding hydrogens is 184 g/mol. The molecule has 0 atom stereocenters. The third-order valence-corrected chi connectivity index (χ3v) is 0.541. The van der Waals surface area contributed by atoms with Crippen LogP contribution in [0.4, 0.5) is 0 Å². The summed E-state index contributed by atoms with van der Waals surface area (Å²) in [7, 11) is 0. The van der Waals surface area contributed by atoms with Crippen LogP contribution < -0.4 is 5.73 Å². The molecule has 5 heteroatoms. The molecule has 54 valence electrons. The molecule has 0 heterocycles. The van der Waals surface area contributed by atoms with Gasteiger partial charge in [-0.1, -0.05) is 5.11 Å². The molecule has 0 bridgehead atoms. The fraction of sp³-hybridized carbons (Fsp3) is 1.00. The molecule has 0 aromatic heterocycles. The Morgan fingerprint density at radius 2 is 2.11 bits per heavy atom. The highest BCUT2D eigenvalue weighted by molar-refractivity contribution is 8.93. The second kappa shape index (κ2) is 4.61. The van der Waals surface area contributed by atoms with E-state index in [-0.39, 0.29) is 22.5 Å². The van der Waals surface area contributed by atoms with Gasteiger partial charge in [0.2, 0.25) is 0 Å². The maximum Gasteiger partial charge on any atom is 0.0433 e. The SMILES string of the molecule is Br.CC(C)(N)CN=[N+]=[N-]. The van der Waals surface area contributed by atoms with Gasteiger partial charge in [0.25, 0.3) is 0 Å². The van der Waals surface area contributed by atoms with Crippen LogP contribution in [0.3, 0.4) is 0 Å². The minimum atomic E-state index is -0.369. The third kappa shape index (κ3) is 11.4. The van der Waals surface area contributed by atoms with Crippen LogP contribution in [0, 0.1) is 0 Å². The lowest BCUT2D eigenvalue weighted by molar-refractivity contribution is 0.531. The molecule has 0 unspecified atom stereocenters. The Kier molecular flexibility index (Phi) is 5.91. The van der Waals surface area contributed by atoms with Gasteiger partial charge in [0.1, 0.15) is 0 Å². The van der Waals surface area contributed by atoms with E-state index in [1.165, 1.54) is 0 Å². The van der Waals surface area contributed by atoms with Gasteiger partial charge in [-0.2, -0.15) is 0 Å². The van der Waals surface area contributed by atoms with Gasteiger partial charge >= 0.3 is 0 Å². The molecule has 0 fully saturated rings. The van der Waals surface area contributed by atoms with Crippen LogP contribution in [-0.4, -0.2) is 12.1 Å². The molecular formula is C4H11BrN4. The summed E-state index contributed by atoms with van der Waals surface area (Å²) in [6, 6.07) is 0. The molecule has 0 aliphatic carbocycles. The highest BCUT2D eigenvalue weighted by Crippen LogP contribution is 1.95. The van der Waals surface area contributed by atoms with Crippen molar-refractivity contribution < 1.29 is 0 Å². The third-order valence-electron chi connectivity index (χ3n) is 0.541. The molecule has 0 aliphatic rings. The quantitative estimate of drug-likeness (QED) is 0.405. The topological polar surface area (TPSA) is 74.8 Å². The standard InChI is InChI=1S/C4H10N4.BrH/c1-4(2,5)3-7-8-6;/h3,5H2,1-2H3;1H. The lowest BCUT2D eigenvalue weighted by Gasteiger charge is -2.12. The summed E-state index contributed by atoms with van der Waals surface area (Å²) in [4.78, 5) is 2.57. The van der Waals surface area contributed by atoms with E-state index in [0.717, 1.165) is 0 Å². The maximum atomic E-state index is 7.83. The number of azide groups is 1. The molecule has 0 aromatic rings. The lowest BCUT2D eigenvalue weighted by atomic mass is 10.1. The zero-order valence-electron chi connectivity index (χ0n) is 5.53. The summed E-state index contributed by atoms with van der Waals surface area (Å²) >= 11 is 0. The van der Waals surface area contributed by atoms with Crippen LogP contribution in [0.2, 0.25) is 0 Å². The monoisotopic (exact) mass is 194 g/mol. The molecule has 0 radical (unpaired) electrons. The average Bonchev–Trinajstić information content (AvgIpc) is 1.59. The highest BCUT2D eigenvalue weighted by atomic mass is 79.9. The second-order valence-electron chi connectivity index (χ2n) is 2.38. The molecule has 0 spiro atoms. The summed E-state index contributed by atoms with van der Waals surface area (Å²) in [5.74, 6) is 0. The Labute approximate surface area is 64.8 Å². The minimum Gasteiger partial charge on any atom is -0.325 e. The number of rotatable bonds is 2. The van der Waals surface area contributed by atoms with Crippen molar-refractivity contribution in [1.29, 1.82) is 0 Å². The van der Waals surface area contributed by atoms with Crippen molar-refractivity contribution in [3.05, 3.63) is 10.4 Å². The van der Waals surface area contributed by atoms with Gasteiger partial charge in [0.15, 0.2) is 0 Å². The first-order valence-corrected chi connectivity index (χ1v) is 2.36. The van der Waals surface area contributed by atoms with Gasteiger partial charge in [-0.15, -0.1) is 17.0 Å². The molecule has 4 nitrogen and oxygen atoms in total. The Morgan fingerprint density at radius 1 is 1.67 bits per heavy atom. The zero-order valence-corrected chi connectivity index (χ0v) is 7.25. The predicted octanol–water partition coefficient (Wildman–Crippen LogP) is 1.61. The Morgan fingerprint density at radius 3 is 2.22 bits per heavy atom. The van der Waals surface area contributed by atoms with Gasteiger partial charge < -0.3 is 5.73 Å². The summed E-state index contributed by atoms with van der Waals surface area (Å²) in [6.07, 6.45) is 0. The second-order valence-corrected chi connectivity index (χ2v) is 2.38. The fourth-order valence-electron chi connectivity index (χ4n) is 0.214. The van der Waals surface area contributed by atoms with E-state index >= 15 is 0 Å². The highest BCUT2D eigenvalue weighted by Gasteiger charge is 2.06. The van der Waals surface area contributed by atoms with E-state index in [2.05, 4.69) is 10.0 Å². The zero-order chi connectivity index (χ0) is 6.62. The molecule has 2 N–H and O–H groups in total. The van der Waals surface area contributed by atoms with Gasteiger partial charge in [0.05, 0.1) is 0 Å². The van der Waals surface area contributed by atoms with Crippen molar-refractivity contribution in [2.45, 2.75) is 19.4 Å². The smallest absolute Gasteiger partial charge is 0.0433 e. The number of hydrogen-bond acceptors (Lipinski definition) is 2. The fourth-order valence-corrected chi connectivity index (χ4v) is 0.214. The van der Waals surface area contributed by atoms with E-state index in [9.17, 15) is 0 Å². The number of hydrogen-bond donors (Lipinski definition) is 1. The Hall–Kier alpha value is -0.250. The Bertz CT molecular complexity index is 110. The molecule has 0 aliphatic heterocycles. The first-order chi connectivity index (χ1) is 3.56. The van der Waals surface area contributed by atoms with E-state index in [4.69, 9.17) is 11.3 Å². The van der Waals surface area contributed by atoms with Crippen molar-refractivity contribution in [2.75, 3.05) is 6.54 Å². The normalized spacial score (nSPS) is 9.22. The largest absolute Gasteiger partial charge is 0.325 e. The van der Waals surface area contributed by atoms with Crippen molar-refractivity contribution in [2.24, 2.45) is 10.8 Å². The van der Waals surface area contributed by atoms with Crippen LogP contribution in [0.25, 0.3) is 10.4 Å². The average molecular weight is 195 g/mol. The summed E-state index contributed by atoms with van der Waals surface area (Å²) in [6.45, 7) is 3.97. The van der Waals surface area contributed by atoms with E-state index < -0.39 is 0 Å². The minimum absolute atomic E-state index is 0. The van der Waals surface area contributed by atoms with Gasteiger partial charge in [-0.25, -0.2) is 0 Å². The first-order valence-electron chi connectivity index (χ1n) is 2.36. The number of nitrogens with zero attached hydrogens (tertiary/aromatic N) is 3. The molecule has 9 heavy (non-hydrogen) atoms. The molecule has 0 aromatic carbocycles. The summed E-state index contributed by atoms with van der Waals surface area (Å²) in [5, 5.41) is 3.30. The molecule has 0 saturated heterocycles. The van der Waals surface area contributed by atoms with E-state index in [0.29, 0.717) is 6.54 Å². The van der Waals surface area contributed by atoms with Gasteiger partial charge in [-0.3, -0.25) is 0 Å². The van der Waals surface area contributed by atoms with Crippen LogP contribution in [0.5, 0.6) is 0 Å². The number of nitrogens with two attached hydrogens (primary N) is 1. The van der Waals surface area contributed by atoms with Crippen molar-refractivity contribution >= 4 is 17.0 Å². The maximum absolute atomic E-state index is 7.83. The van der Waals surface area contributed by atoms with Crippen molar-refractivity contribution in [3.63, 3.8) is 0 Å². The molecule has 0 rings (SSSR count). The Balaban J connectivity index is 0. The van der Waals surface area contributed by atoms with Crippen LogP contribution in [0.1, 0.15) is 13.8 Å².